The Balaban J connectivity index is 1.77. The van der Waals surface area contributed by atoms with Crippen LogP contribution in [0.15, 0.2) is 53.4 Å². The fourth-order valence-electron chi connectivity index (χ4n) is 2.20. The van der Waals surface area contributed by atoms with Crippen LogP contribution < -0.4 is 14.8 Å². The molecule has 0 saturated carbocycles. The maximum Gasteiger partial charge on any atom is 0.260 e. The lowest BCUT2D eigenvalue weighted by atomic mass is 10.3. The minimum atomic E-state index is -3.47. The summed E-state index contributed by atoms with van der Waals surface area (Å²) in [5.41, 5.74) is 0. The first-order chi connectivity index (χ1) is 13.2. The zero-order valence-electron chi connectivity index (χ0n) is 15.9. The molecule has 0 aliphatic heterocycles. The summed E-state index contributed by atoms with van der Waals surface area (Å²) in [6, 6.07) is 12.9. The normalized spacial score (nSPS) is 12.5. The van der Waals surface area contributed by atoms with Gasteiger partial charge in [-0.05, 0) is 49.4 Å². The monoisotopic (exact) mass is 426 g/mol. The molecule has 0 spiro atoms. The number of sulfonamides is 1. The van der Waals surface area contributed by atoms with Crippen molar-refractivity contribution in [3.63, 3.8) is 0 Å². The van der Waals surface area contributed by atoms with Gasteiger partial charge in [-0.2, -0.15) is 0 Å². The fourth-order valence-corrected chi connectivity index (χ4v) is 3.29. The molecule has 0 fully saturated rings. The van der Waals surface area contributed by atoms with Crippen LogP contribution in [0, 0.1) is 0 Å². The lowest BCUT2D eigenvalue weighted by Gasteiger charge is -2.15. The van der Waals surface area contributed by atoms with Gasteiger partial charge in [0.2, 0.25) is 10.0 Å². The lowest BCUT2D eigenvalue weighted by molar-refractivity contribution is -0.127. The molecule has 0 aromatic heterocycles. The summed E-state index contributed by atoms with van der Waals surface area (Å²) in [6.45, 7) is 2.15. The number of hydrogen-bond acceptors (Lipinski definition) is 5. The highest BCUT2D eigenvalue weighted by Gasteiger charge is 2.17. The first-order valence-corrected chi connectivity index (χ1v) is 10.4. The number of nitrogens with one attached hydrogen (secondary N) is 1. The minimum Gasteiger partial charge on any atom is -0.492 e. The number of amides is 1. The molecule has 7 nitrogen and oxygen atoms in total. The van der Waals surface area contributed by atoms with Crippen molar-refractivity contribution in [2.75, 3.05) is 27.2 Å². The van der Waals surface area contributed by atoms with Crippen LogP contribution in [0.3, 0.4) is 0 Å². The Labute approximate surface area is 170 Å². The topological polar surface area (TPSA) is 84.9 Å². The number of nitrogens with zero attached hydrogens (tertiary/aromatic N) is 1. The molecule has 0 bridgehead atoms. The van der Waals surface area contributed by atoms with Crippen LogP contribution in [0.1, 0.15) is 6.92 Å². The molecule has 1 atom stereocenters. The number of benzene rings is 2. The van der Waals surface area contributed by atoms with E-state index < -0.39 is 16.1 Å². The predicted molar refractivity (Wildman–Crippen MR) is 107 cm³/mol. The molecule has 1 N–H and O–H groups in total. The molecular formula is C19H23ClN2O5S. The van der Waals surface area contributed by atoms with Gasteiger partial charge in [-0.25, -0.2) is 12.7 Å². The smallest absolute Gasteiger partial charge is 0.260 e. The molecule has 0 radical (unpaired) electrons. The minimum absolute atomic E-state index is 0.185. The zero-order valence-corrected chi connectivity index (χ0v) is 17.5. The maximum atomic E-state index is 12.1. The molecule has 2 aromatic rings. The Morgan fingerprint density at radius 3 is 2.43 bits per heavy atom. The summed E-state index contributed by atoms with van der Waals surface area (Å²) < 4.78 is 36.2. The summed E-state index contributed by atoms with van der Waals surface area (Å²) >= 11 is 5.89. The van der Waals surface area contributed by atoms with Crippen molar-refractivity contribution in [2.45, 2.75) is 17.9 Å². The Kier molecular flexibility index (Phi) is 7.68. The van der Waals surface area contributed by atoms with E-state index in [2.05, 4.69) is 5.32 Å². The summed E-state index contributed by atoms with van der Waals surface area (Å²) in [6.07, 6.45) is -0.686. The van der Waals surface area contributed by atoms with Gasteiger partial charge in [-0.1, -0.05) is 17.7 Å². The number of carbonyl (C=O) groups is 1. The van der Waals surface area contributed by atoms with Gasteiger partial charge in [0.25, 0.3) is 5.91 Å². The summed E-state index contributed by atoms with van der Waals surface area (Å²) in [5.74, 6) is 0.741. The second-order valence-electron chi connectivity index (χ2n) is 6.12. The molecule has 1 unspecified atom stereocenters. The molecule has 152 valence electrons. The van der Waals surface area contributed by atoms with E-state index in [4.69, 9.17) is 21.1 Å². The van der Waals surface area contributed by atoms with Crippen molar-refractivity contribution in [1.82, 2.24) is 9.62 Å². The molecule has 28 heavy (non-hydrogen) atoms. The van der Waals surface area contributed by atoms with Crippen molar-refractivity contribution in [3.05, 3.63) is 53.6 Å². The number of hydrogen-bond donors (Lipinski definition) is 1. The summed E-state index contributed by atoms with van der Waals surface area (Å²) in [4.78, 5) is 12.3. The van der Waals surface area contributed by atoms with E-state index in [1.165, 1.54) is 26.2 Å². The number of ether oxygens (including phenoxy) is 2. The highest BCUT2D eigenvalue weighted by Crippen LogP contribution is 2.19. The molecule has 0 saturated heterocycles. The largest absolute Gasteiger partial charge is 0.492 e. The first-order valence-electron chi connectivity index (χ1n) is 8.55. The second kappa shape index (κ2) is 9.77. The molecule has 0 aliphatic carbocycles. The van der Waals surface area contributed by atoms with Crippen LogP contribution >= 0.6 is 11.6 Å². The van der Waals surface area contributed by atoms with E-state index in [0.29, 0.717) is 16.5 Å². The highest BCUT2D eigenvalue weighted by molar-refractivity contribution is 7.89. The highest BCUT2D eigenvalue weighted by atomic mass is 35.5. The van der Waals surface area contributed by atoms with Crippen LogP contribution in [0.4, 0.5) is 0 Å². The van der Waals surface area contributed by atoms with E-state index >= 15 is 0 Å². The van der Waals surface area contributed by atoms with Crippen LogP contribution in [0.5, 0.6) is 11.5 Å². The van der Waals surface area contributed by atoms with Gasteiger partial charge in [0.15, 0.2) is 6.10 Å². The predicted octanol–water partition coefficient (Wildman–Crippen LogP) is 2.55. The van der Waals surface area contributed by atoms with Gasteiger partial charge >= 0.3 is 0 Å². The summed E-state index contributed by atoms with van der Waals surface area (Å²) in [5, 5.41) is 3.24. The fraction of sp³-hybridized carbons (Fsp3) is 0.316. The van der Waals surface area contributed by atoms with Crippen molar-refractivity contribution in [2.24, 2.45) is 0 Å². The second-order valence-corrected chi connectivity index (χ2v) is 8.70. The van der Waals surface area contributed by atoms with Crippen LogP contribution in [0.25, 0.3) is 0 Å². The van der Waals surface area contributed by atoms with E-state index in [0.717, 1.165) is 4.31 Å². The molecule has 0 heterocycles. The van der Waals surface area contributed by atoms with Crippen molar-refractivity contribution in [1.29, 1.82) is 0 Å². The molecule has 9 heteroatoms. The third-order valence-corrected chi connectivity index (χ3v) is 5.81. The SMILES string of the molecule is CC(Oc1cccc(Cl)c1)C(=O)NCCOc1ccc(S(=O)(=O)N(C)C)cc1. The van der Waals surface area contributed by atoms with E-state index in [-0.39, 0.29) is 24.0 Å². The average Bonchev–Trinajstić information content (AvgIpc) is 2.65. The Hall–Kier alpha value is -2.29. The third kappa shape index (κ3) is 6.12. The molecule has 2 aromatic carbocycles. The van der Waals surface area contributed by atoms with Gasteiger partial charge in [0, 0.05) is 19.1 Å². The molecular weight excluding hydrogens is 404 g/mol. The Morgan fingerprint density at radius 1 is 1.14 bits per heavy atom. The van der Waals surface area contributed by atoms with Crippen LogP contribution in [-0.4, -0.2) is 52.0 Å². The van der Waals surface area contributed by atoms with Gasteiger partial charge < -0.3 is 14.8 Å². The number of carbonyl (C=O) groups excluding carboxylic acids is 1. The van der Waals surface area contributed by atoms with Crippen LogP contribution in [-0.2, 0) is 14.8 Å². The standard InChI is InChI=1S/C19H23ClN2O5S/c1-14(27-17-6-4-5-15(20)13-17)19(23)21-11-12-26-16-7-9-18(10-8-16)28(24,25)22(2)3/h4-10,13-14H,11-12H2,1-3H3,(H,21,23). The number of rotatable bonds is 9. The van der Waals surface area contributed by atoms with Gasteiger partial charge in [-0.3, -0.25) is 4.79 Å². The van der Waals surface area contributed by atoms with E-state index in [9.17, 15) is 13.2 Å². The number of halogens is 1. The quantitative estimate of drug-likeness (QED) is 0.623. The lowest BCUT2D eigenvalue weighted by Crippen LogP contribution is -2.38. The van der Waals surface area contributed by atoms with Gasteiger partial charge in [0.1, 0.15) is 18.1 Å². The zero-order chi connectivity index (χ0) is 20.7. The first kappa shape index (κ1) is 22.0. The van der Waals surface area contributed by atoms with Crippen molar-refractivity contribution in [3.8, 4) is 11.5 Å². The average molecular weight is 427 g/mol. The Morgan fingerprint density at radius 2 is 1.82 bits per heavy atom. The van der Waals surface area contributed by atoms with Gasteiger partial charge in [0.05, 0.1) is 11.4 Å². The van der Waals surface area contributed by atoms with Crippen LogP contribution in [0.2, 0.25) is 5.02 Å². The van der Waals surface area contributed by atoms with E-state index in [1.807, 2.05) is 0 Å². The maximum absolute atomic E-state index is 12.1. The van der Waals surface area contributed by atoms with Gasteiger partial charge in [-0.15, -0.1) is 0 Å². The van der Waals surface area contributed by atoms with Crippen molar-refractivity contribution >= 4 is 27.5 Å². The summed E-state index contributed by atoms with van der Waals surface area (Å²) in [7, 11) is -0.526. The molecule has 1 amide bonds. The van der Waals surface area contributed by atoms with E-state index in [1.54, 1.807) is 43.3 Å². The third-order valence-electron chi connectivity index (χ3n) is 3.75. The molecule has 0 aliphatic rings. The Bertz CT molecular complexity index is 901. The van der Waals surface area contributed by atoms with Crippen molar-refractivity contribution < 1.29 is 22.7 Å². The molecule has 2 rings (SSSR count).